The van der Waals surface area contributed by atoms with Crippen molar-refractivity contribution in [2.45, 2.75) is 13.5 Å². The lowest BCUT2D eigenvalue weighted by Crippen LogP contribution is -2.16. The molecule has 0 saturated heterocycles. The number of hydrogen-bond acceptors (Lipinski definition) is 6. The normalized spacial score (nSPS) is 11.1. The van der Waals surface area contributed by atoms with Crippen LogP contribution in [0.3, 0.4) is 0 Å². The summed E-state index contributed by atoms with van der Waals surface area (Å²) in [5.41, 5.74) is 0.534. The molecule has 0 saturated carbocycles. The molecule has 0 aromatic heterocycles. The minimum atomic E-state index is -3.03. The molecule has 1 aromatic rings. The molecule has 0 aliphatic heterocycles. The summed E-state index contributed by atoms with van der Waals surface area (Å²) in [5.74, 6) is -1.85. The van der Waals surface area contributed by atoms with Crippen LogP contribution in [0.1, 0.15) is 5.56 Å². The van der Waals surface area contributed by atoms with Crippen molar-refractivity contribution in [1.29, 1.82) is 0 Å². The number of aryl methyl sites for hydroxylation is 1. The van der Waals surface area contributed by atoms with Crippen molar-refractivity contribution < 1.29 is 32.6 Å². The zero-order valence-electron chi connectivity index (χ0n) is 12.2. The molecule has 120 valence electrons. The van der Waals surface area contributed by atoms with E-state index in [0.29, 0.717) is 0 Å². The summed E-state index contributed by atoms with van der Waals surface area (Å²) >= 11 is 0. The molecule has 0 spiro atoms. The summed E-state index contributed by atoms with van der Waals surface area (Å²) in [4.78, 5) is 22.9. The fourth-order valence-electron chi connectivity index (χ4n) is 1.52. The number of carbonyl (C=O) groups excluding carboxylic acids is 2. The molecule has 1 N–H and O–H groups in total. The fourth-order valence-corrected chi connectivity index (χ4v) is 1.52. The van der Waals surface area contributed by atoms with Crippen LogP contribution >= 0.6 is 0 Å². The first-order chi connectivity index (χ1) is 10.4. The highest BCUT2D eigenvalue weighted by atomic mass is 19.3. The maximum atomic E-state index is 12.4. The number of esters is 2. The van der Waals surface area contributed by atoms with E-state index in [1.807, 2.05) is 0 Å². The Balaban J connectivity index is 3.17. The van der Waals surface area contributed by atoms with E-state index in [9.17, 15) is 18.4 Å². The van der Waals surface area contributed by atoms with Crippen molar-refractivity contribution in [2.75, 3.05) is 19.5 Å². The van der Waals surface area contributed by atoms with Crippen molar-refractivity contribution >= 4 is 17.6 Å². The van der Waals surface area contributed by atoms with Crippen LogP contribution in [-0.2, 0) is 19.1 Å². The van der Waals surface area contributed by atoms with Gasteiger partial charge in [0.15, 0.2) is 0 Å². The van der Waals surface area contributed by atoms with Crippen LogP contribution in [0.5, 0.6) is 5.75 Å². The maximum Gasteiger partial charge on any atom is 0.387 e. The third-order valence-corrected chi connectivity index (χ3v) is 2.49. The standard InChI is InChI=1S/C14H15F2NO5/c1-8-4-5-11(22-14(15)16)9(6-8)17-10(13(19)21-3)7-12(18)20-2/h4-7,14,17H,1-3H3/b10-7+. The van der Waals surface area contributed by atoms with Crippen LogP contribution < -0.4 is 10.1 Å². The molecule has 22 heavy (non-hydrogen) atoms. The molecule has 0 bridgehead atoms. The lowest BCUT2D eigenvalue weighted by molar-refractivity contribution is -0.138. The molecule has 0 fully saturated rings. The minimum absolute atomic E-state index is 0.0841. The second-order valence-corrected chi connectivity index (χ2v) is 4.08. The highest BCUT2D eigenvalue weighted by Gasteiger charge is 2.16. The Bertz CT molecular complexity index is 587. The molecule has 0 atom stereocenters. The number of carbonyl (C=O) groups is 2. The summed E-state index contributed by atoms with van der Waals surface area (Å²) in [7, 11) is 2.24. The van der Waals surface area contributed by atoms with Crippen molar-refractivity contribution in [3.8, 4) is 5.75 Å². The largest absolute Gasteiger partial charge is 0.466 e. The number of anilines is 1. The van der Waals surface area contributed by atoms with Gasteiger partial charge in [-0.2, -0.15) is 8.78 Å². The molecule has 0 heterocycles. The Hall–Kier alpha value is -2.64. The lowest BCUT2D eigenvalue weighted by Gasteiger charge is -2.14. The zero-order chi connectivity index (χ0) is 16.7. The third kappa shape index (κ3) is 5.04. The van der Waals surface area contributed by atoms with Crippen LogP contribution in [0.4, 0.5) is 14.5 Å². The number of benzene rings is 1. The molecular weight excluding hydrogens is 300 g/mol. The number of alkyl halides is 2. The Morgan fingerprint density at radius 3 is 2.45 bits per heavy atom. The first-order valence-corrected chi connectivity index (χ1v) is 6.07. The van der Waals surface area contributed by atoms with Gasteiger partial charge >= 0.3 is 18.6 Å². The molecule has 6 nitrogen and oxygen atoms in total. The minimum Gasteiger partial charge on any atom is -0.466 e. The smallest absolute Gasteiger partial charge is 0.387 e. The monoisotopic (exact) mass is 315 g/mol. The average molecular weight is 315 g/mol. The number of rotatable bonds is 6. The molecular formula is C14H15F2NO5. The van der Waals surface area contributed by atoms with E-state index < -0.39 is 18.6 Å². The molecule has 8 heteroatoms. The molecule has 0 amide bonds. The Morgan fingerprint density at radius 2 is 1.91 bits per heavy atom. The lowest BCUT2D eigenvalue weighted by atomic mass is 10.2. The first-order valence-electron chi connectivity index (χ1n) is 6.07. The van der Waals surface area contributed by atoms with Crippen molar-refractivity contribution in [3.63, 3.8) is 0 Å². The SMILES string of the molecule is COC(=O)/C=C(/Nc1cc(C)ccc1OC(F)F)C(=O)OC. The van der Waals surface area contributed by atoms with Crippen LogP contribution in [0, 0.1) is 6.92 Å². The average Bonchev–Trinajstić information content (AvgIpc) is 2.47. The molecule has 1 aromatic carbocycles. The molecule has 0 unspecified atom stereocenters. The molecule has 0 radical (unpaired) electrons. The van der Waals surface area contributed by atoms with Gasteiger partial charge in [0.25, 0.3) is 0 Å². The van der Waals surface area contributed by atoms with Crippen LogP contribution in [0.2, 0.25) is 0 Å². The van der Waals surface area contributed by atoms with Gasteiger partial charge in [0, 0.05) is 0 Å². The van der Waals surface area contributed by atoms with Crippen molar-refractivity contribution in [2.24, 2.45) is 0 Å². The number of methoxy groups -OCH3 is 2. The molecule has 0 aliphatic rings. The number of halogens is 2. The van der Waals surface area contributed by atoms with Gasteiger partial charge in [0.1, 0.15) is 11.4 Å². The highest BCUT2D eigenvalue weighted by molar-refractivity contribution is 5.99. The van der Waals surface area contributed by atoms with E-state index in [-0.39, 0.29) is 17.1 Å². The van der Waals surface area contributed by atoms with Crippen LogP contribution in [-0.4, -0.2) is 32.8 Å². The summed E-state index contributed by atoms with van der Waals surface area (Å²) in [6.07, 6.45) is 0.848. The quantitative estimate of drug-likeness (QED) is 0.641. The predicted molar refractivity (Wildman–Crippen MR) is 73.5 cm³/mol. The Labute approximate surface area is 125 Å². The topological polar surface area (TPSA) is 73.9 Å². The Morgan fingerprint density at radius 1 is 1.23 bits per heavy atom. The van der Waals surface area contributed by atoms with E-state index in [1.165, 1.54) is 12.1 Å². The zero-order valence-corrected chi connectivity index (χ0v) is 12.2. The van der Waals surface area contributed by atoms with Crippen LogP contribution in [0.25, 0.3) is 0 Å². The van der Waals surface area contributed by atoms with Gasteiger partial charge < -0.3 is 19.5 Å². The van der Waals surface area contributed by atoms with Gasteiger partial charge in [-0.15, -0.1) is 0 Å². The van der Waals surface area contributed by atoms with E-state index >= 15 is 0 Å². The van der Waals surface area contributed by atoms with Gasteiger partial charge in [0.05, 0.1) is 26.0 Å². The van der Waals surface area contributed by atoms with Gasteiger partial charge in [0.2, 0.25) is 0 Å². The summed E-state index contributed by atoms with van der Waals surface area (Å²) in [6.45, 7) is -1.31. The Kier molecular flexibility index (Phi) is 6.30. The third-order valence-electron chi connectivity index (χ3n) is 2.49. The fraction of sp³-hybridized carbons (Fsp3) is 0.286. The highest BCUT2D eigenvalue weighted by Crippen LogP contribution is 2.28. The van der Waals surface area contributed by atoms with Crippen LogP contribution in [0.15, 0.2) is 30.0 Å². The van der Waals surface area contributed by atoms with E-state index in [1.54, 1.807) is 13.0 Å². The van der Waals surface area contributed by atoms with Crippen molar-refractivity contribution in [1.82, 2.24) is 0 Å². The molecule has 1 rings (SSSR count). The van der Waals surface area contributed by atoms with Crippen molar-refractivity contribution in [3.05, 3.63) is 35.5 Å². The summed E-state index contributed by atoms with van der Waals surface area (Å²) in [5, 5.41) is 2.54. The second-order valence-electron chi connectivity index (χ2n) is 4.08. The van der Waals surface area contributed by atoms with E-state index in [4.69, 9.17) is 0 Å². The van der Waals surface area contributed by atoms with Gasteiger partial charge in [-0.1, -0.05) is 6.07 Å². The predicted octanol–water partition coefficient (Wildman–Crippen LogP) is 2.24. The van der Waals surface area contributed by atoms with Gasteiger partial charge in [-0.05, 0) is 24.6 Å². The summed E-state index contributed by atoms with van der Waals surface area (Å²) in [6, 6.07) is 4.35. The summed E-state index contributed by atoms with van der Waals surface area (Å²) < 4.78 is 38.1. The number of nitrogens with one attached hydrogen (secondary N) is 1. The van der Waals surface area contributed by atoms with E-state index in [2.05, 4.69) is 19.5 Å². The molecule has 0 aliphatic carbocycles. The maximum absolute atomic E-state index is 12.4. The first kappa shape index (κ1) is 17.4. The van der Waals surface area contributed by atoms with Gasteiger partial charge in [-0.25, -0.2) is 9.59 Å². The number of ether oxygens (including phenoxy) is 3. The van der Waals surface area contributed by atoms with E-state index in [0.717, 1.165) is 25.9 Å². The van der Waals surface area contributed by atoms with Gasteiger partial charge in [-0.3, -0.25) is 0 Å². The number of hydrogen-bond donors (Lipinski definition) is 1. The second kappa shape index (κ2) is 7.96.